The van der Waals surface area contributed by atoms with Gasteiger partial charge in [0.2, 0.25) is 0 Å². The van der Waals surface area contributed by atoms with E-state index in [0.29, 0.717) is 5.02 Å². The second-order valence-corrected chi connectivity index (χ2v) is 6.02. The van der Waals surface area contributed by atoms with Gasteiger partial charge in [-0.25, -0.2) is 0 Å². The van der Waals surface area contributed by atoms with Gasteiger partial charge < -0.3 is 8.92 Å². The third kappa shape index (κ3) is 4.72. The molecule has 0 saturated carbocycles. The summed E-state index contributed by atoms with van der Waals surface area (Å²) in [6.45, 7) is 0.722. The molecule has 0 amide bonds. The third-order valence-electron chi connectivity index (χ3n) is 2.44. The van der Waals surface area contributed by atoms with Crippen LogP contribution in [0.4, 0.5) is 0 Å². The topological polar surface area (TPSA) is 52.6 Å². The molecule has 0 spiro atoms. The van der Waals surface area contributed by atoms with Gasteiger partial charge in [-0.1, -0.05) is 11.6 Å². The van der Waals surface area contributed by atoms with Crippen LogP contribution in [0.2, 0.25) is 5.02 Å². The molecule has 4 nitrogen and oxygen atoms in total. The Morgan fingerprint density at radius 2 is 2.11 bits per heavy atom. The zero-order valence-corrected chi connectivity index (χ0v) is 13.9. The smallest absolute Gasteiger partial charge is 0.306 e. The van der Waals surface area contributed by atoms with Gasteiger partial charge in [0.1, 0.15) is 5.75 Å². The van der Waals surface area contributed by atoms with Crippen molar-refractivity contribution in [2.75, 3.05) is 12.9 Å². The average Bonchev–Trinajstić information content (AvgIpc) is 2.65. The molecule has 1 aromatic rings. The molecule has 0 N–H and O–H groups in total. The normalized spacial score (nSPS) is 19.3. The van der Waals surface area contributed by atoms with Crippen molar-refractivity contribution in [1.82, 2.24) is 0 Å². The van der Waals surface area contributed by atoms with Gasteiger partial charge in [-0.3, -0.25) is 0 Å². The third-order valence-corrected chi connectivity index (χ3v) is 3.16. The van der Waals surface area contributed by atoms with E-state index in [1.165, 1.54) is 6.07 Å². The molecule has 18 heavy (non-hydrogen) atoms. The Kier molecular flexibility index (Phi) is 5.96. The fraction of sp³-hybridized carbons (Fsp3) is 0.455. The van der Waals surface area contributed by atoms with E-state index < -0.39 is 10.1 Å². The largest absolute Gasteiger partial charge is 0.383 e. The molecule has 1 saturated heterocycles. The van der Waals surface area contributed by atoms with E-state index in [9.17, 15) is 8.42 Å². The number of hydrogen-bond acceptors (Lipinski definition) is 4. The Hall–Kier alpha value is 0.220. The van der Waals surface area contributed by atoms with Crippen LogP contribution in [0.25, 0.3) is 0 Å². The molecule has 1 radical (unpaired) electrons. The van der Waals surface area contributed by atoms with Crippen molar-refractivity contribution in [2.24, 2.45) is 0 Å². The second-order valence-electron chi connectivity index (χ2n) is 4.01. The Balaban J connectivity index is 0.00000162. The van der Waals surface area contributed by atoms with Crippen molar-refractivity contribution in [3.8, 4) is 5.75 Å². The molecular formula is C11H13ClNaO4S. The van der Waals surface area contributed by atoms with E-state index in [2.05, 4.69) is 0 Å². The van der Waals surface area contributed by atoms with E-state index in [1.807, 2.05) is 0 Å². The molecule has 1 atom stereocenters. The second kappa shape index (κ2) is 6.59. The standard InChI is InChI=1S/C11H13ClO4S.Na/c1-17(13,14)16-10-6-8(5-9(12)7-10)11-3-2-4-15-11;/h5-7,11H,2-4H2,1H3;. The van der Waals surface area contributed by atoms with E-state index in [0.717, 1.165) is 31.3 Å². The van der Waals surface area contributed by atoms with E-state index >= 15 is 0 Å². The predicted molar refractivity (Wildman–Crippen MR) is 70.6 cm³/mol. The summed E-state index contributed by atoms with van der Waals surface area (Å²) in [5.74, 6) is 0.227. The van der Waals surface area contributed by atoms with Crippen LogP contribution in [-0.2, 0) is 14.9 Å². The van der Waals surface area contributed by atoms with Gasteiger partial charge in [0, 0.05) is 47.3 Å². The molecule has 1 fully saturated rings. The van der Waals surface area contributed by atoms with Crippen LogP contribution < -0.4 is 4.18 Å². The van der Waals surface area contributed by atoms with Crippen LogP contribution in [0, 0.1) is 0 Å². The van der Waals surface area contributed by atoms with Gasteiger partial charge in [-0.15, -0.1) is 0 Å². The summed E-state index contributed by atoms with van der Waals surface area (Å²) in [5.41, 5.74) is 0.855. The zero-order chi connectivity index (χ0) is 12.5. The summed E-state index contributed by atoms with van der Waals surface area (Å²) in [7, 11) is -3.53. The molecule has 1 aliphatic rings. The fourth-order valence-electron chi connectivity index (χ4n) is 1.83. The molecule has 1 unspecified atom stereocenters. The van der Waals surface area contributed by atoms with Crippen molar-refractivity contribution < 1.29 is 17.3 Å². The van der Waals surface area contributed by atoms with Gasteiger partial charge >= 0.3 is 10.1 Å². The first-order chi connectivity index (χ1) is 7.94. The first kappa shape index (κ1) is 16.3. The summed E-state index contributed by atoms with van der Waals surface area (Å²) in [6.07, 6.45) is 2.90. The van der Waals surface area contributed by atoms with Crippen LogP contribution >= 0.6 is 11.6 Å². The number of ether oxygens (including phenoxy) is 1. The van der Waals surface area contributed by atoms with Crippen molar-refractivity contribution >= 4 is 51.3 Å². The Morgan fingerprint density at radius 3 is 2.67 bits per heavy atom. The summed E-state index contributed by atoms with van der Waals surface area (Å²) in [4.78, 5) is 0. The van der Waals surface area contributed by atoms with Crippen LogP contribution in [0.3, 0.4) is 0 Å². The molecule has 1 aliphatic heterocycles. The SMILES string of the molecule is CS(=O)(=O)Oc1cc(Cl)cc(C2CCCO2)c1.[Na]. The number of rotatable bonds is 3. The van der Waals surface area contributed by atoms with Crippen molar-refractivity contribution in [3.05, 3.63) is 28.8 Å². The predicted octanol–water partition coefficient (Wildman–Crippen LogP) is 2.15. The number of benzene rings is 1. The van der Waals surface area contributed by atoms with Gasteiger partial charge in [0.05, 0.1) is 12.4 Å². The molecule has 1 heterocycles. The average molecular weight is 300 g/mol. The molecule has 0 aliphatic carbocycles. The summed E-state index contributed by atoms with van der Waals surface area (Å²) < 4.78 is 32.4. The summed E-state index contributed by atoms with van der Waals surface area (Å²) >= 11 is 5.93. The first-order valence-corrected chi connectivity index (χ1v) is 7.45. The minimum Gasteiger partial charge on any atom is -0.383 e. The molecule has 0 aromatic heterocycles. The molecule has 95 valence electrons. The van der Waals surface area contributed by atoms with Gasteiger partial charge in [-0.05, 0) is 30.5 Å². The van der Waals surface area contributed by atoms with Crippen molar-refractivity contribution in [1.29, 1.82) is 0 Å². The van der Waals surface area contributed by atoms with Crippen LogP contribution in [-0.4, -0.2) is 50.8 Å². The van der Waals surface area contributed by atoms with E-state index in [1.54, 1.807) is 12.1 Å². The monoisotopic (exact) mass is 299 g/mol. The summed E-state index contributed by atoms with van der Waals surface area (Å²) in [5, 5.41) is 0.441. The van der Waals surface area contributed by atoms with Crippen LogP contribution in [0.1, 0.15) is 24.5 Å². The van der Waals surface area contributed by atoms with Crippen LogP contribution in [0.15, 0.2) is 18.2 Å². The molecule has 1 aromatic carbocycles. The van der Waals surface area contributed by atoms with Crippen molar-refractivity contribution in [2.45, 2.75) is 18.9 Å². The number of hydrogen-bond donors (Lipinski definition) is 0. The Bertz CT molecular complexity index is 512. The van der Waals surface area contributed by atoms with Gasteiger partial charge in [0.15, 0.2) is 0 Å². The van der Waals surface area contributed by atoms with Crippen molar-refractivity contribution in [3.63, 3.8) is 0 Å². The maximum absolute atomic E-state index is 11.0. The maximum atomic E-state index is 11.0. The minimum absolute atomic E-state index is 0. The molecule has 2 rings (SSSR count). The number of halogens is 1. The van der Waals surface area contributed by atoms with E-state index in [4.69, 9.17) is 20.5 Å². The quantitative estimate of drug-likeness (QED) is 0.634. The molecular weight excluding hydrogens is 287 g/mol. The van der Waals surface area contributed by atoms with E-state index in [-0.39, 0.29) is 41.4 Å². The van der Waals surface area contributed by atoms with Crippen LogP contribution in [0.5, 0.6) is 5.75 Å². The Morgan fingerprint density at radius 1 is 1.39 bits per heavy atom. The molecule has 0 bridgehead atoms. The van der Waals surface area contributed by atoms with Gasteiger partial charge in [-0.2, -0.15) is 8.42 Å². The summed E-state index contributed by atoms with van der Waals surface area (Å²) in [6, 6.07) is 4.90. The fourth-order valence-corrected chi connectivity index (χ4v) is 2.51. The molecule has 7 heteroatoms. The van der Waals surface area contributed by atoms with Gasteiger partial charge in [0.25, 0.3) is 0 Å². The first-order valence-electron chi connectivity index (χ1n) is 5.25. The minimum atomic E-state index is -3.53. The maximum Gasteiger partial charge on any atom is 0.306 e. The Labute approximate surface area is 134 Å². The zero-order valence-electron chi connectivity index (χ0n) is 10.3.